The summed E-state index contributed by atoms with van der Waals surface area (Å²) >= 11 is 0. The molecule has 366 valence electrons. The molecular formula is C60H103NO3. The molecule has 0 saturated carbocycles. The Labute approximate surface area is 397 Å². The molecule has 0 heterocycles. The van der Waals surface area contributed by atoms with Gasteiger partial charge in [0, 0.05) is 6.42 Å². The third kappa shape index (κ3) is 50.1. The number of amides is 1. The lowest BCUT2D eigenvalue weighted by Crippen LogP contribution is -2.45. The molecule has 0 aliphatic carbocycles. The van der Waals surface area contributed by atoms with Crippen molar-refractivity contribution in [3.8, 4) is 0 Å². The van der Waals surface area contributed by atoms with E-state index in [0.29, 0.717) is 6.42 Å². The summed E-state index contributed by atoms with van der Waals surface area (Å²) in [4.78, 5) is 12.5. The van der Waals surface area contributed by atoms with E-state index in [1.54, 1.807) is 6.08 Å². The highest BCUT2D eigenvalue weighted by atomic mass is 16.3. The minimum atomic E-state index is -0.878. The molecule has 2 atom stereocenters. The summed E-state index contributed by atoms with van der Waals surface area (Å²) in [5.74, 6) is -0.0837. The van der Waals surface area contributed by atoms with Gasteiger partial charge in [-0.05, 0) is 96.3 Å². The fraction of sp³-hybridized carbons (Fsp3) is 0.683. The van der Waals surface area contributed by atoms with Gasteiger partial charge in [0.05, 0.1) is 18.8 Å². The number of nitrogens with one attached hydrogen (secondary N) is 1. The first-order valence-corrected chi connectivity index (χ1v) is 27.1. The highest BCUT2D eigenvalue weighted by molar-refractivity contribution is 5.76. The zero-order chi connectivity index (χ0) is 46.3. The molecule has 0 aromatic rings. The van der Waals surface area contributed by atoms with Gasteiger partial charge in [0.2, 0.25) is 5.91 Å². The van der Waals surface area contributed by atoms with E-state index in [1.165, 1.54) is 148 Å². The Bertz CT molecular complexity index is 1230. The van der Waals surface area contributed by atoms with Crippen molar-refractivity contribution in [1.29, 1.82) is 0 Å². The van der Waals surface area contributed by atoms with Crippen LogP contribution in [0.5, 0.6) is 0 Å². The maximum atomic E-state index is 12.5. The van der Waals surface area contributed by atoms with E-state index in [-0.39, 0.29) is 12.5 Å². The van der Waals surface area contributed by atoms with E-state index < -0.39 is 12.1 Å². The predicted octanol–water partition coefficient (Wildman–Crippen LogP) is 17.9. The summed E-state index contributed by atoms with van der Waals surface area (Å²) in [5, 5.41) is 23.1. The van der Waals surface area contributed by atoms with Crippen LogP contribution in [0.15, 0.2) is 109 Å². The Morgan fingerprint density at radius 2 is 0.703 bits per heavy atom. The van der Waals surface area contributed by atoms with Crippen LogP contribution in [0.25, 0.3) is 0 Å². The molecule has 0 aromatic carbocycles. The highest BCUT2D eigenvalue weighted by Gasteiger charge is 2.17. The van der Waals surface area contributed by atoms with E-state index in [0.717, 1.165) is 77.0 Å². The molecule has 4 nitrogen and oxygen atoms in total. The summed E-state index contributed by atoms with van der Waals surface area (Å²) < 4.78 is 0. The average molecular weight is 886 g/mol. The summed E-state index contributed by atoms with van der Waals surface area (Å²) in [7, 11) is 0. The lowest BCUT2D eigenvalue weighted by atomic mass is 10.0. The molecule has 1 amide bonds. The minimum absolute atomic E-state index is 0.0837. The van der Waals surface area contributed by atoms with Crippen molar-refractivity contribution < 1.29 is 15.0 Å². The van der Waals surface area contributed by atoms with Gasteiger partial charge < -0.3 is 15.5 Å². The van der Waals surface area contributed by atoms with Gasteiger partial charge in [-0.15, -0.1) is 0 Å². The number of carbonyl (C=O) groups excluding carboxylic acids is 1. The van der Waals surface area contributed by atoms with Crippen LogP contribution < -0.4 is 5.32 Å². The van der Waals surface area contributed by atoms with Crippen LogP contribution in [0, 0.1) is 0 Å². The van der Waals surface area contributed by atoms with Crippen LogP contribution in [-0.2, 0) is 4.79 Å². The molecule has 0 aromatic heterocycles. The third-order valence-electron chi connectivity index (χ3n) is 11.7. The van der Waals surface area contributed by atoms with Crippen molar-refractivity contribution in [2.24, 2.45) is 0 Å². The number of hydrogen-bond acceptors (Lipinski definition) is 3. The Kier molecular flexibility index (Phi) is 51.9. The number of allylic oxidation sites excluding steroid dienone is 17. The second-order valence-electron chi connectivity index (χ2n) is 17.9. The molecule has 0 radical (unpaired) electrons. The van der Waals surface area contributed by atoms with Crippen molar-refractivity contribution in [1.82, 2.24) is 5.32 Å². The lowest BCUT2D eigenvalue weighted by Gasteiger charge is -2.19. The summed E-state index contributed by atoms with van der Waals surface area (Å²) in [5.41, 5.74) is 0. The largest absolute Gasteiger partial charge is 0.394 e. The van der Waals surface area contributed by atoms with Crippen molar-refractivity contribution >= 4 is 5.91 Å². The summed E-state index contributed by atoms with van der Waals surface area (Å²) in [6.45, 7) is 4.18. The molecule has 0 aliphatic rings. The summed E-state index contributed by atoms with van der Waals surface area (Å²) in [6, 6.07) is -0.654. The van der Waals surface area contributed by atoms with Gasteiger partial charge in [-0.1, -0.05) is 252 Å². The standard InChI is InChI=1S/C60H103NO3/c1-3-5-7-9-11-13-15-17-19-21-23-25-26-27-28-29-30-31-32-33-34-36-38-40-42-44-46-48-50-52-54-56-60(64)61-58(57-62)59(63)55-53-51-49-47-45-43-41-39-37-35-24-22-20-18-16-14-12-10-8-6-4-2/h5,7,11,13,17,19,23,25,27-28,30-31,37,39,45,47,53,55,58-59,62-63H,3-4,6,8-10,12,14-16,18,20-22,24,26,29,32-36,38,40-44,46,48-52,54,56-57H2,1-2H3,(H,61,64)/b7-5-,13-11-,19-17-,25-23-,28-27-,31-30-,39-37+,47-45+,55-53+. The molecule has 0 rings (SSSR count). The number of unbranched alkanes of at least 4 members (excludes halogenated alkanes) is 25. The maximum Gasteiger partial charge on any atom is 0.220 e. The monoisotopic (exact) mass is 886 g/mol. The topological polar surface area (TPSA) is 69.6 Å². The molecule has 3 N–H and O–H groups in total. The second kappa shape index (κ2) is 54.4. The van der Waals surface area contributed by atoms with Gasteiger partial charge in [-0.25, -0.2) is 0 Å². The van der Waals surface area contributed by atoms with E-state index >= 15 is 0 Å². The molecule has 0 bridgehead atoms. The molecule has 64 heavy (non-hydrogen) atoms. The van der Waals surface area contributed by atoms with E-state index in [9.17, 15) is 15.0 Å². The maximum absolute atomic E-state index is 12.5. The first-order valence-electron chi connectivity index (χ1n) is 27.1. The van der Waals surface area contributed by atoms with Gasteiger partial charge in [-0.3, -0.25) is 4.79 Å². The number of hydrogen-bond donors (Lipinski definition) is 3. The van der Waals surface area contributed by atoms with Gasteiger partial charge in [0.1, 0.15) is 0 Å². The Morgan fingerprint density at radius 1 is 0.391 bits per heavy atom. The van der Waals surface area contributed by atoms with Crippen molar-refractivity contribution in [3.63, 3.8) is 0 Å². The lowest BCUT2D eigenvalue weighted by molar-refractivity contribution is -0.123. The van der Waals surface area contributed by atoms with Crippen LogP contribution in [0.2, 0.25) is 0 Å². The van der Waals surface area contributed by atoms with Crippen molar-refractivity contribution in [2.45, 2.75) is 257 Å². The van der Waals surface area contributed by atoms with E-state index in [2.05, 4.69) is 116 Å². The first kappa shape index (κ1) is 61.1. The van der Waals surface area contributed by atoms with Crippen molar-refractivity contribution in [2.75, 3.05) is 6.61 Å². The van der Waals surface area contributed by atoms with Gasteiger partial charge in [0.15, 0.2) is 0 Å². The van der Waals surface area contributed by atoms with Crippen LogP contribution in [0.4, 0.5) is 0 Å². The fourth-order valence-electron chi connectivity index (χ4n) is 7.63. The van der Waals surface area contributed by atoms with E-state index in [4.69, 9.17) is 0 Å². The molecule has 0 aliphatic heterocycles. The van der Waals surface area contributed by atoms with Crippen LogP contribution in [0.1, 0.15) is 245 Å². The molecule has 0 fully saturated rings. The fourth-order valence-corrected chi connectivity index (χ4v) is 7.63. The Balaban J connectivity index is 3.62. The normalized spacial score (nSPS) is 13.8. The van der Waals surface area contributed by atoms with Gasteiger partial charge in [-0.2, -0.15) is 0 Å². The average Bonchev–Trinajstić information content (AvgIpc) is 3.30. The predicted molar refractivity (Wildman–Crippen MR) is 285 cm³/mol. The molecule has 4 heteroatoms. The number of rotatable bonds is 48. The van der Waals surface area contributed by atoms with Gasteiger partial charge in [0.25, 0.3) is 0 Å². The Morgan fingerprint density at radius 3 is 1.09 bits per heavy atom. The second-order valence-corrected chi connectivity index (χ2v) is 17.9. The summed E-state index contributed by atoms with van der Waals surface area (Å²) in [6.07, 6.45) is 82.3. The van der Waals surface area contributed by atoms with Crippen LogP contribution in [0.3, 0.4) is 0 Å². The van der Waals surface area contributed by atoms with E-state index in [1.807, 2.05) is 6.08 Å². The van der Waals surface area contributed by atoms with Gasteiger partial charge >= 0.3 is 0 Å². The molecule has 2 unspecified atom stereocenters. The van der Waals surface area contributed by atoms with Crippen molar-refractivity contribution in [3.05, 3.63) is 109 Å². The quantitative estimate of drug-likeness (QED) is 0.0421. The van der Waals surface area contributed by atoms with Crippen LogP contribution >= 0.6 is 0 Å². The SMILES string of the molecule is CC/C=C\C/C=C\C/C=C\C/C=C\C/C=C\C/C=C\CCCCCCCCCCCCCCC(=O)NC(CO)C(O)/C=C/CC/C=C/CC/C=C/CCCCCCCCCCCCC. The minimum Gasteiger partial charge on any atom is -0.394 e. The molecular weight excluding hydrogens is 783 g/mol. The molecule has 0 spiro atoms. The third-order valence-corrected chi connectivity index (χ3v) is 11.7. The van der Waals surface area contributed by atoms with Crippen LogP contribution in [-0.4, -0.2) is 34.9 Å². The Hall–Kier alpha value is -2.95. The number of aliphatic hydroxyl groups excluding tert-OH is 2. The first-order chi connectivity index (χ1) is 31.7. The number of aliphatic hydroxyl groups is 2. The highest BCUT2D eigenvalue weighted by Crippen LogP contribution is 2.15. The smallest absolute Gasteiger partial charge is 0.220 e. The number of carbonyl (C=O) groups is 1. The molecule has 0 saturated heterocycles. The zero-order valence-electron chi connectivity index (χ0n) is 42.0. The zero-order valence-corrected chi connectivity index (χ0v) is 42.0.